The predicted octanol–water partition coefficient (Wildman–Crippen LogP) is 2.91. The van der Waals surface area contributed by atoms with Gasteiger partial charge < -0.3 is 15.3 Å². The lowest BCUT2D eigenvalue weighted by Crippen LogP contribution is -2.13. The Labute approximate surface area is 148 Å². The first-order valence-electron chi connectivity index (χ1n) is 8.24. The summed E-state index contributed by atoms with van der Waals surface area (Å²) in [6, 6.07) is 16.8. The molecule has 130 valence electrons. The Kier molecular flexibility index (Phi) is 3.89. The lowest BCUT2D eigenvalue weighted by molar-refractivity contribution is 0.102. The van der Waals surface area contributed by atoms with Gasteiger partial charge in [0.2, 0.25) is 0 Å². The summed E-state index contributed by atoms with van der Waals surface area (Å²) < 4.78 is 1.80. The minimum Gasteiger partial charge on any atom is -0.306 e. The van der Waals surface area contributed by atoms with Gasteiger partial charge in [0.25, 0.3) is 5.91 Å². The zero-order valence-electron chi connectivity index (χ0n) is 14.1. The number of nitrogens with one attached hydrogen (secondary N) is 3. The van der Waals surface area contributed by atoms with Crippen molar-refractivity contribution in [1.29, 1.82) is 0 Å². The summed E-state index contributed by atoms with van der Waals surface area (Å²) in [6.45, 7) is 2.05. The molecule has 3 N–H and O–H groups in total. The Bertz CT molecular complexity index is 1120. The molecule has 0 aliphatic carbocycles. The number of carbonyl (C=O) groups is 1. The summed E-state index contributed by atoms with van der Waals surface area (Å²) in [5.41, 5.74) is 2.53. The van der Waals surface area contributed by atoms with Gasteiger partial charge in [0, 0.05) is 17.8 Å². The van der Waals surface area contributed by atoms with Crippen molar-refractivity contribution in [2.45, 2.75) is 13.0 Å². The lowest BCUT2D eigenvalue weighted by atomic mass is 10.1. The standard InChI is InChI=1S/C19H17N5O2/c1-12(13-5-3-2-4-6-13)24-10-9-17(23-24)22-18(25)14-7-8-15-16(11-14)21-19(26)20-15/h2-12H,1H3,(H2,20,21,26)(H,22,23,25). The van der Waals surface area contributed by atoms with E-state index < -0.39 is 0 Å². The van der Waals surface area contributed by atoms with Crippen LogP contribution in [0.15, 0.2) is 65.6 Å². The molecule has 0 saturated heterocycles. The summed E-state index contributed by atoms with van der Waals surface area (Å²) in [6.07, 6.45) is 1.83. The Hall–Kier alpha value is -3.61. The quantitative estimate of drug-likeness (QED) is 0.530. The van der Waals surface area contributed by atoms with Crippen LogP contribution in [0.5, 0.6) is 0 Å². The highest BCUT2D eigenvalue weighted by Gasteiger charge is 2.12. The van der Waals surface area contributed by atoms with Gasteiger partial charge in [-0.25, -0.2) is 4.79 Å². The maximum absolute atomic E-state index is 12.5. The molecule has 0 fully saturated rings. The fraction of sp³-hybridized carbons (Fsp3) is 0.105. The monoisotopic (exact) mass is 347 g/mol. The fourth-order valence-electron chi connectivity index (χ4n) is 2.87. The van der Waals surface area contributed by atoms with Crippen molar-refractivity contribution in [2.75, 3.05) is 5.32 Å². The maximum Gasteiger partial charge on any atom is 0.323 e. The first kappa shape index (κ1) is 15.9. The van der Waals surface area contributed by atoms with Crippen LogP contribution in [0, 0.1) is 0 Å². The number of hydrogen-bond acceptors (Lipinski definition) is 3. The average Bonchev–Trinajstić information content (AvgIpc) is 3.26. The van der Waals surface area contributed by atoms with Crippen LogP contribution in [0.3, 0.4) is 0 Å². The van der Waals surface area contributed by atoms with Crippen molar-refractivity contribution >= 4 is 22.8 Å². The molecule has 26 heavy (non-hydrogen) atoms. The van der Waals surface area contributed by atoms with E-state index in [1.54, 1.807) is 28.9 Å². The van der Waals surface area contributed by atoms with Crippen LogP contribution in [0.1, 0.15) is 28.9 Å². The summed E-state index contributed by atoms with van der Waals surface area (Å²) in [4.78, 5) is 29.1. The summed E-state index contributed by atoms with van der Waals surface area (Å²) in [5, 5.41) is 7.22. The number of benzene rings is 2. The summed E-state index contributed by atoms with van der Waals surface area (Å²) >= 11 is 0. The topological polar surface area (TPSA) is 95.6 Å². The van der Waals surface area contributed by atoms with Crippen LogP contribution in [0.2, 0.25) is 0 Å². The largest absolute Gasteiger partial charge is 0.323 e. The average molecular weight is 347 g/mol. The molecule has 4 aromatic rings. The van der Waals surface area contributed by atoms with E-state index in [1.807, 2.05) is 43.5 Å². The zero-order chi connectivity index (χ0) is 18.1. The Balaban J connectivity index is 1.52. The van der Waals surface area contributed by atoms with Gasteiger partial charge in [-0.3, -0.25) is 9.48 Å². The van der Waals surface area contributed by atoms with Gasteiger partial charge in [0.1, 0.15) is 0 Å². The number of aromatic nitrogens is 4. The number of anilines is 1. The Morgan fingerprint density at radius 3 is 2.65 bits per heavy atom. The molecule has 0 saturated carbocycles. The minimum atomic E-state index is -0.300. The van der Waals surface area contributed by atoms with Crippen molar-refractivity contribution in [1.82, 2.24) is 19.7 Å². The van der Waals surface area contributed by atoms with Crippen molar-refractivity contribution in [3.05, 3.63) is 82.4 Å². The van der Waals surface area contributed by atoms with Crippen LogP contribution < -0.4 is 11.0 Å². The van der Waals surface area contributed by atoms with Gasteiger partial charge in [0.15, 0.2) is 5.82 Å². The normalized spacial score (nSPS) is 12.2. The lowest BCUT2D eigenvalue weighted by Gasteiger charge is -2.12. The molecule has 0 radical (unpaired) electrons. The van der Waals surface area contributed by atoms with E-state index >= 15 is 0 Å². The molecule has 0 aliphatic heterocycles. The molecule has 1 amide bonds. The number of imidazole rings is 1. The number of nitrogens with zero attached hydrogens (tertiary/aromatic N) is 2. The number of rotatable bonds is 4. The molecular formula is C19H17N5O2. The van der Waals surface area contributed by atoms with Crippen LogP contribution in [0.25, 0.3) is 11.0 Å². The first-order chi connectivity index (χ1) is 12.6. The van der Waals surface area contributed by atoms with Gasteiger partial charge in [-0.15, -0.1) is 0 Å². The van der Waals surface area contributed by atoms with Gasteiger partial charge in [0.05, 0.1) is 17.1 Å². The third kappa shape index (κ3) is 3.02. The van der Waals surface area contributed by atoms with E-state index in [0.717, 1.165) is 5.56 Å². The molecule has 1 unspecified atom stereocenters. The minimum absolute atomic E-state index is 0.0585. The third-order valence-electron chi connectivity index (χ3n) is 4.31. The van der Waals surface area contributed by atoms with Gasteiger partial charge in [-0.1, -0.05) is 30.3 Å². The number of carbonyl (C=O) groups excluding carboxylic acids is 1. The van der Waals surface area contributed by atoms with Crippen LogP contribution in [-0.4, -0.2) is 25.7 Å². The maximum atomic E-state index is 12.5. The third-order valence-corrected chi connectivity index (χ3v) is 4.31. The summed E-state index contributed by atoms with van der Waals surface area (Å²) in [7, 11) is 0. The molecule has 7 heteroatoms. The first-order valence-corrected chi connectivity index (χ1v) is 8.24. The molecule has 4 rings (SSSR count). The molecule has 0 bridgehead atoms. The molecule has 2 aromatic carbocycles. The highest BCUT2D eigenvalue weighted by Crippen LogP contribution is 2.18. The van der Waals surface area contributed by atoms with E-state index in [0.29, 0.717) is 22.4 Å². The van der Waals surface area contributed by atoms with Crippen LogP contribution >= 0.6 is 0 Å². The van der Waals surface area contributed by atoms with Crippen molar-refractivity contribution in [2.24, 2.45) is 0 Å². The van der Waals surface area contributed by atoms with E-state index in [-0.39, 0.29) is 17.6 Å². The van der Waals surface area contributed by atoms with E-state index in [1.165, 1.54) is 0 Å². The number of hydrogen-bond donors (Lipinski definition) is 3. The second-order valence-corrected chi connectivity index (χ2v) is 6.06. The highest BCUT2D eigenvalue weighted by molar-refractivity contribution is 6.05. The summed E-state index contributed by atoms with van der Waals surface area (Å²) in [5.74, 6) is 0.187. The van der Waals surface area contributed by atoms with Gasteiger partial charge in [-0.05, 0) is 30.7 Å². The van der Waals surface area contributed by atoms with Crippen molar-refractivity contribution in [3.8, 4) is 0 Å². The van der Waals surface area contributed by atoms with Crippen LogP contribution in [-0.2, 0) is 0 Å². The SMILES string of the molecule is CC(c1ccccc1)n1ccc(NC(=O)c2ccc3[nH]c(=O)[nH]c3c2)n1. The van der Waals surface area contributed by atoms with Crippen molar-refractivity contribution in [3.63, 3.8) is 0 Å². The molecule has 2 heterocycles. The molecule has 7 nitrogen and oxygen atoms in total. The zero-order valence-corrected chi connectivity index (χ0v) is 14.1. The number of H-pyrrole nitrogens is 2. The second kappa shape index (κ2) is 6.36. The molecular weight excluding hydrogens is 330 g/mol. The Morgan fingerprint density at radius 2 is 1.85 bits per heavy atom. The smallest absolute Gasteiger partial charge is 0.306 e. The van der Waals surface area contributed by atoms with E-state index in [2.05, 4.69) is 20.4 Å². The second-order valence-electron chi connectivity index (χ2n) is 6.06. The number of amides is 1. The fourth-order valence-corrected chi connectivity index (χ4v) is 2.87. The van der Waals surface area contributed by atoms with Gasteiger partial charge in [-0.2, -0.15) is 5.10 Å². The Morgan fingerprint density at radius 1 is 1.08 bits per heavy atom. The predicted molar refractivity (Wildman–Crippen MR) is 99.4 cm³/mol. The molecule has 2 aromatic heterocycles. The van der Waals surface area contributed by atoms with E-state index in [4.69, 9.17) is 0 Å². The molecule has 0 aliphatic rings. The van der Waals surface area contributed by atoms with E-state index in [9.17, 15) is 9.59 Å². The van der Waals surface area contributed by atoms with Crippen LogP contribution in [0.4, 0.5) is 5.82 Å². The van der Waals surface area contributed by atoms with Crippen molar-refractivity contribution < 1.29 is 4.79 Å². The highest BCUT2D eigenvalue weighted by atomic mass is 16.2. The number of fused-ring (bicyclic) bond motifs is 1. The van der Waals surface area contributed by atoms with Gasteiger partial charge >= 0.3 is 5.69 Å². The molecule has 1 atom stereocenters. The number of aromatic amines is 2. The molecule has 0 spiro atoms.